The number of nitrogens with two attached hydrogens (primary N) is 1. The zero-order chi connectivity index (χ0) is 20.5. The van der Waals surface area contributed by atoms with E-state index in [1.54, 1.807) is 11.0 Å². The van der Waals surface area contributed by atoms with Crippen LogP contribution in [0.3, 0.4) is 0 Å². The average molecular weight is 413 g/mol. The van der Waals surface area contributed by atoms with Crippen LogP contribution < -0.4 is 10.0 Å². The number of benzene rings is 2. The van der Waals surface area contributed by atoms with Gasteiger partial charge in [0.1, 0.15) is 0 Å². The molecule has 3 rings (SSSR count). The summed E-state index contributed by atoms with van der Waals surface area (Å²) in [5.74, 6) is -0.353. The van der Waals surface area contributed by atoms with Crippen molar-refractivity contribution in [1.82, 2.24) is 4.90 Å². The monoisotopic (exact) mass is 413 g/mol. The normalized spacial score (nSPS) is 15.6. The predicted octanol–water partition coefficient (Wildman–Crippen LogP) is 2.32. The molecule has 1 amide bonds. The Morgan fingerprint density at radius 2 is 1.61 bits per heavy atom. The molecule has 2 aromatic rings. The van der Waals surface area contributed by atoms with E-state index in [0.29, 0.717) is 31.9 Å². The van der Waals surface area contributed by atoms with Gasteiger partial charge < -0.3 is 9.80 Å². The summed E-state index contributed by atoms with van der Waals surface area (Å²) >= 11 is 0. The molecular weight excluding hydrogens is 395 g/mol. The lowest BCUT2D eigenvalue weighted by Gasteiger charge is -2.36. The third-order valence-corrected chi connectivity index (χ3v) is 5.43. The molecule has 6 nitrogen and oxygen atoms in total. The summed E-state index contributed by atoms with van der Waals surface area (Å²) in [5, 5.41) is 5.09. The number of amides is 1. The summed E-state index contributed by atoms with van der Waals surface area (Å²) in [5.41, 5.74) is -0.0829. The minimum atomic E-state index is -4.41. The van der Waals surface area contributed by atoms with E-state index in [1.807, 2.05) is 0 Å². The number of anilines is 1. The Labute approximate surface area is 160 Å². The maximum Gasteiger partial charge on any atom is 0.416 e. The van der Waals surface area contributed by atoms with Crippen LogP contribution in [-0.2, 0) is 16.2 Å². The third-order valence-electron chi connectivity index (χ3n) is 4.52. The number of nitrogens with zero attached hydrogens (tertiary/aromatic N) is 2. The third kappa shape index (κ3) is 4.45. The summed E-state index contributed by atoms with van der Waals surface area (Å²) in [7, 11) is -3.92. The van der Waals surface area contributed by atoms with Gasteiger partial charge in [0.05, 0.1) is 10.5 Å². The molecule has 1 saturated heterocycles. The van der Waals surface area contributed by atoms with Crippen molar-refractivity contribution < 1.29 is 26.4 Å². The number of hydrogen-bond donors (Lipinski definition) is 1. The topological polar surface area (TPSA) is 83.7 Å². The zero-order valence-corrected chi connectivity index (χ0v) is 15.5. The molecule has 0 bridgehead atoms. The highest BCUT2D eigenvalue weighted by atomic mass is 32.2. The molecule has 1 fully saturated rings. The fourth-order valence-electron chi connectivity index (χ4n) is 3.04. The van der Waals surface area contributed by atoms with Gasteiger partial charge in [-0.15, -0.1) is 0 Å². The van der Waals surface area contributed by atoms with Crippen molar-refractivity contribution in [3.05, 3.63) is 59.7 Å². The van der Waals surface area contributed by atoms with Crippen LogP contribution >= 0.6 is 0 Å². The summed E-state index contributed by atoms with van der Waals surface area (Å²) in [6.45, 7) is 1.33. The van der Waals surface area contributed by atoms with Crippen LogP contribution in [0.1, 0.15) is 15.9 Å². The maximum atomic E-state index is 12.9. The molecule has 0 saturated carbocycles. The summed E-state index contributed by atoms with van der Waals surface area (Å²) in [4.78, 5) is 15.8. The van der Waals surface area contributed by atoms with Crippen LogP contribution in [0.2, 0.25) is 0 Å². The van der Waals surface area contributed by atoms with Gasteiger partial charge in [-0.25, -0.2) is 13.6 Å². The van der Waals surface area contributed by atoms with Crippen molar-refractivity contribution in [3.63, 3.8) is 0 Å². The highest BCUT2D eigenvalue weighted by molar-refractivity contribution is 7.89. The lowest BCUT2D eigenvalue weighted by Crippen LogP contribution is -2.48. The molecule has 1 heterocycles. The highest BCUT2D eigenvalue weighted by Gasteiger charge is 2.31. The van der Waals surface area contributed by atoms with Crippen LogP contribution in [-0.4, -0.2) is 45.4 Å². The summed E-state index contributed by atoms with van der Waals surface area (Å²) in [6, 6.07) is 10.5. The standard InChI is InChI=1S/C18H18F3N3O3S/c19-18(20,21)14-4-2-5-15(12-14)23-7-9-24(10-8-23)17(25)13-3-1-6-16(11-13)28(22,26)27/h1-6,11-12H,7-10H2,(H2,22,26,27). The number of hydrogen-bond acceptors (Lipinski definition) is 4. The number of halogens is 3. The molecular formula is C18H18F3N3O3S. The van der Waals surface area contributed by atoms with Gasteiger partial charge in [0, 0.05) is 37.4 Å². The van der Waals surface area contributed by atoms with E-state index in [4.69, 9.17) is 5.14 Å². The van der Waals surface area contributed by atoms with E-state index in [-0.39, 0.29) is 16.4 Å². The van der Waals surface area contributed by atoms with E-state index in [0.717, 1.165) is 12.1 Å². The van der Waals surface area contributed by atoms with Gasteiger partial charge in [-0.3, -0.25) is 4.79 Å². The minimum absolute atomic E-state index is 0.152. The number of rotatable bonds is 3. The first-order valence-electron chi connectivity index (χ1n) is 8.40. The van der Waals surface area contributed by atoms with Crippen molar-refractivity contribution in [1.29, 1.82) is 0 Å². The van der Waals surface area contributed by atoms with Crippen molar-refractivity contribution in [2.45, 2.75) is 11.1 Å². The first-order chi connectivity index (χ1) is 13.1. The fourth-order valence-corrected chi connectivity index (χ4v) is 3.59. The van der Waals surface area contributed by atoms with Crippen molar-refractivity contribution in [2.24, 2.45) is 5.14 Å². The molecule has 0 atom stereocenters. The Balaban J connectivity index is 1.70. The second kappa shape index (κ2) is 7.44. The molecule has 0 aromatic heterocycles. The molecule has 0 unspecified atom stereocenters. The largest absolute Gasteiger partial charge is 0.416 e. The maximum absolute atomic E-state index is 12.9. The van der Waals surface area contributed by atoms with Gasteiger partial charge in [-0.2, -0.15) is 13.2 Å². The van der Waals surface area contributed by atoms with Crippen LogP contribution in [0.15, 0.2) is 53.4 Å². The van der Waals surface area contributed by atoms with Gasteiger partial charge in [0.2, 0.25) is 10.0 Å². The Hall–Kier alpha value is -2.59. The van der Waals surface area contributed by atoms with Crippen LogP contribution in [0.5, 0.6) is 0 Å². The van der Waals surface area contributed by atoms with Crippen LogP contribution in [0.25, 0.3) is 0 Å². The highest BCUT2D eigenvalue weighted by Crippen LogP contribution is 2.32. The zero-order valence-electron chi connectivity index (χ0n) is 14.7. The average Bonchev–Trinajstić information content (AvgIpc) is 2.66. The predicted molar refractivity (Wildman–Crippen MR) is 97.4 cm³/mol. The van der Waals surface area contributed by atoms with E-state index in [2.05, 4.69) is 0 Å². The fraction of sp³-hybridized carbons (Fsp3) is 0.278. The van der Waals surface area contributed by atoms with E-state index in [9.17, 15) is 26.4 Å². The Morgan fingerprint density at radius 3 is 2.21 bits per heavy atom. The minimum Gasteiger partial charge on any atom is -0.368 e. The number of sulfonamides is 1. The van der Waals surface area contributed by atoms with Crippen molar-refractivity contribution in [2.75, 3.05) is 31.1 Å². The molecule has 0 spiro atoms. The number of alkyl halides is 3. The molecule has 0 aliphatic carbocycles. The van der Waals surface area contributed by atoms with Gasteiger partial charge in [-0.1, -0.05) is 12.1 Å². The van der Waals surface area contributed by atoms with Crippen LogP contribution in [0, 0.1) is 0 Å². The summed E-state index contributed by atoms with van der Waals surface area (Å²) in [6.07, 6.45) is -4.41. The van der Waals surface area contributed by atoms with Gasteiger partial charge >= 0.3 is 6.18 Å². The van der Waals surface area contributed by atoms with Gasteiger partial charge in [0.25, 0.3) is 5.91 Å². The van der Waals surface area contributed by atoms with E-state index in [1.165, 1.54) is 35.2 Å². The molecule has 1 aliphatic rings. The van der Waals surface area contributed by atoms with Crippen molar-refractivity contribution >= 4 is 21.6 Å². The molecule has 10 heteroatoms. The van der Waals surface area contributed by atoms with E-state index >= 15 is 0 Å². The number of carbonyl (C=O) groups excluding carboxylic acids is 1. The lowest BCUT2D eigenvalue weighted by atomic mass is 10.1. The number of carbonyl (C=O) groups is 1. The number of primary sulfonamides is 1. The summed E-state index contributed by atoms with van der Waals surface area (Å²) < 4.78 is 61.5. The molecule has 150 valence electrons. The first kappa shape index (κ1) is 20.2. The Bertz CT molecular complexity index is 985. The molecule has 2 aromatic carbocycles. The number of piperazine rings is 1. The molecule has 28 heavy (non-hydrogen) atoms. The first-order valence-corrected chi connectivity index (χ1v) is 9.95. The van der Waals surface area contributed by atoms with Gasteiger partial charge in [-0.05, 0) is 36.4 Å². The molecule has 0 radical (unpaired) electrons. The Morgan fingerprint density at radius 1 is 0.964 bits per heavy atom. The van der Waals surface area contributed by atoms with Crippen LogP contribution in [0.4, 0.5) is 18.9 Å². The Kier molecular flexibility index (Phi) is 5.35. The van der Waals surface area contributed by atoms with Gasteiger partial charge in [0.15, 0.2) is 0 Å². The second-order valence-corrected chi connectivity index (χ2v) is 7.96. The quantitative estimate of drug-likeness (QED) is 0.837. The molecule has 2 N–H and O–H groups in total. The van der Waals surface area contributed by atoms with Crippen molar-refractivity contribution in [3.8, 4) is 0 Å². The molecule has 1 aliphatic heterocycles. The lowest BCUT2D eigenvalue weighted by molar-refractivity contribution is -0.137. The smallest absolute Gasteiger partial charge is 0.368 e. The van der Waals surface area contributed by atoms with E-state index < -0.39 is 21.8 Å². The second-order valence-electron chi connectivity index (χ2n) is 6.40. The SMILES string of the molecule is NS(=O)(=O)c1cccc(C(=O)N2CCN(c3cccc(C(F)(F)F)c3)CC2)c1.